The maximum Gasteiger partial charge on any atom is 0.433 e. The summed E-state index contributed by atoms with van der Waals surface area (Å²) in [5, 5.41) is 0.204. The molecule has 0 aliphatic carbocycles. The molecule has 1 saturated heterocycles. The van der Waals surface area contributed by atoms with Crippen LogP contribution in [0.4, 0.5) is 19.0 Å². The first-order chi connectivity index (χ1) is 18.3. The molecule has 0 unspecified atom stereocenters. The van der Waals surface area contributed by atoms with Crippen LogP contribution in [-0.4, -0.2) is 75.3 Å². The lowest BCUT2D eigenvalue weighted by molar-refractivity contribution is -0.141. The predicted molar refractivity (Wildman–Crippen MR) is 135 cm³/mol. The number of hydrogen-bond acceptors (Lipinski definition) is 11. The van der Waals surface area contributed by atoms with Gasteiger partial charge < -0.3 is 14.4 Å². The number of fused-ring (bicyclic) bond motifs is 1. The second kappa shape index (κ2) is 11.3. The number of aromatic amines is 1. The van der Waals surface area contributed by atoms with Crippen LogP contribution in [0.2, 0.25) is 0 Å². The number of anilines is 1. The zero-order chi connectivity index (χ0) is 28.4. The van der Waals surface area contributed by atoms with Gasteiger partial charge in [0.15, 0.2) is 5.16 Å². The number of thioether (sulfide) groups is 1. The van der Waals surface area contributed by atoms with Crippen molar-refractivity contribution in [1.82, 2.24) is 24.8 Å². The van der Waals surface area contributed by atoms with Crippen LogP contribution in [0.25, 0.3) is 0 Å². The van der Waals surface area contributed by atoms with E-state index in [1.54, 1.807) is 20.8 Å². The van der Waals surface area contributed by atoms with Gasteiger partial charge in [-0.25, -0.2) is 19.6 Å². The number of ether oxygens (including phenoxy) is 2. The second-order valence-electron chi connectivity index (χ2n) is 9.89. The summed E-state index contributed by atoms with van der Waals surface area (Å²) < 4.78 is 50.2. The molecule has 2 aromatic heterocycles. The fraction of sp³-hybridized carbons (Fsp3) is 0.500. The van der Waals surface area contributed by atoms with E-state index in [4.69, 9.17) is 9.47 Å². The van der Waals surface area contributed by atoms with E-state index in [0.717, 1.165) is 31.2 Å². The van der Waals surface area contributed by atoms with Crippen LogP contribution in [-0.2, 0) is 21.2 Å². The number of alkyl halides is 3. The Morgan fingerprint density at radius 1 is 0.974 bits per heavy atom. The van der Waals surface area contributed by atoms with Crippen molar-refractivity contribution < 1.29 is 32.2 Å². The molecule has 0 atom stereocenters. The molecule has 1 fully saturated rings. The van der Waals surface area contributed by atoms with Crippen LogP contribution in [0.5, 0.6) is 11.6 Å². The average molecular weight is 569 g/mol. The zero-order valence-electron chi connectivity index (χ0n) is 21.5. The number of H-pyrrole nitrogens is 1. The number of halogens is 3. The summed E-state index contributed by atoms with van der Waals surface area (Å²) in [5.41, 5.74) is -2.32. The third-order valence-electron chi connectivity index (χ3n) is 5.81. The van der Waals surface area contributed by atoms with E-state index in [1.165, 1.54) is 11.8 Å². The van der Waals surface area contributed by atoms with Crippen molar-refractivity contribution in [2.75, 3.05) is 43.4 Å². The first-order valence-electron chi connectivity index (χ1n) is 12.1. The highest BCUT2D eigenvalue weighted by atomic mass is 32.2. The minimum Gasteiger partial charge on any atom is -0.412 e. The van der Waals surface area contributed by atoms with Crippen LogP contribution in [0, 0.1) is 0 Å². The number of nitrogens with zero attached hydrogens (tertiary/aromatic N) is 5. The van der Waals surface area contributed by atoms with E-state index in [0.29, 0.717) is 31.9 Å². The Morgan fingerprint density at radius 3 is 2.28 bits per heavy atom. The van der Waals surface area contributed by atoms with Gasteiger partial charge in [-0.1, -0.05) is 32.5 Å². The van der Waals surface area contributed by atoms with Gasteiger partial charge in [0.25, 0.3) is 17.2 Å². The molecule has 0 bridgehead atoms. The molecule has 0 radical (unpaired) electrons. The number of piperazine rings is 1. The standard InChI is InChI=1S/C24H27F3N6O5S/c1-23(2,3)21-28-14(24(25,26)27)13-15(29-21)33-10-8-32(9-11-33)7-4-12-39-22-30-19(36)18-20(31-22)38-17(35)6-5-16(34)37-18/h5-6,13H,4,7-12H2,1-3H3,(H,30,31,36)/b6-5+. The lowest BCUT2D eigenvalue weighted by atomic mass is 9.95. The Morgan fingerprint density at radius 2 is 1.64 bits per heavy atom. The summed E-state index contributed by atoms with van der Waals surface area (Å²) in [5.74, 6) is -1.62. The molecular weight excluding hydrogens is 541 g/mol. The van der Waals surface area contributed by atoms with E-state index < -0.39 is 40.5 Å². The first-order valence-corrected chi connectivity index (χ1v) is 13.1. The molecule has 2 aliphatic heterocycles. The maximum atomic E-state index is 13.4. The Balaban J connectivity index is 1.31. The minimum absolute atomic E-state index is 0.149. The summed E-state index contributed by atoms with van der Waals surface area (Å²) >= 11 is 1.24. The first kappa shape index (κ1) is 28.5. The van der Waals surface area contributed by atoms with Gasteiger partial charge in [0.2, 0.25) is 0 Å². The van der Waals surface area contributed by atoms with Crippen molar-refractivity contribution in [2.45, 2.75) is 43.9 Å². The Kier molecular flexibility index (Phi) is 8.30. The van der Waals surface area contributed by atoms with Gasteiger partial charge in [0.05, 0.1) is 0 Å². The molecular formula is C24H27F3N6O5S. The Bertz CT molecular complexity index is 1300. The van der Waals surface area contributed by atoms with Gasteiger partial charge in [-0.2, -0.15) is 18.2 Å². The van der Waals surface area contributed by atoms with Crippen LogP contribution in [0.1, 0.15) is 38.7 Å². The normalized spacial score (nSPS) is 17.6. The maximum absolute atomic E-state index is 13.4. The summed E-state index contributed by atoms with van der Waals surface area (Å²) in [6, 6.07) is 1.01. The Hall–Kier alpha value is -3.46. The van der Waals surface area contributed by atoms with Gasteiger partial charge >= 0.3 is 18.1 Å². The van der Waals surface area contributed by atoms with Crippen molar-refractivity contribution in [1.29, 1.82) is 0 Å². The topological polar surface area (TPSA) is 131 Å². The number of carbonyl (C=O) groups excluding carboxylic acids is 2. The van der Waals surface area contributed by atoms with E-state index in [1.807, 2.05) is 4.90 Å². The molecule has 0 saturated carbocycles. The molecule has 39 heavy (non-hydrogen) atoms. The van der Waals surface area contributed by atoms with Gasteiger partial charge in [-0.3, -0.25) is 14.7 Å². The number of esters is 2. The summed E-state index contributed by atoms with van der Waals surface area (Å²) in [6.07, 6.45) is -2.10. The van der Waals surface area contributed by atoms with E-state index in [9.17, 15) is 27.6 Å². The summed E-state index contributed by atoms with van der Waals surface area (Å²) in [6.45, 7) is 8.37. The van der Waals surface area contributed by atoms with Crippen LogP contribution in [0.15, 0.2) is 28.2 Å². The molecule has 0 spiro atoms. The number of hydrogen-bond donors (Lipinski definition) is 1. The van der Waals surface area contributed by atoms with Crippen molar-refractivity contribution in [3.05, 3.63) is 40.1 Å². The average Bonchev–Trinajstić information content (AvgIpc) is 2.85. The highest BCUT2D eigenvalue weighted by Crippen LogP contribution is 2.32. The minimum atomic E-state index is -4.56. The molecule has 4 heterocycles. The highest BCUT2D eigenvalue weighted by molar-refractivity contribution is 7.99. The number of rotatable bonds is 6. The molecule has 2 aromatic rings. The molecule has 11 nitrogen and oxygen atoms in total. The molecule has 210 valence electrons. The molecule has 0 amide bonds. The van der Waals surface area contributed by atoms with E-state index >= 15 is 0 Å². The monoisotopic (exact) mass is 568 g/mol. The van der Waals surface area contributed by atoms with Crippen molar-refractivity contribution >= 4 is 29.5 Å². The highest BCUT2D eigenvalue weighted by Gasteiger charge is 2.36. The third-order valence-corrected chi connectivity index (χ3v) is 6.77. The van der Waals surface area contributed by atoms with Gasteiger partial charge in [0.1, 0.15) is 17.3 Å². The van der Waals surface area contributed by atoms with Crippen molar-refractivity contribution in [2.24, 2.45) is 0 Å². The molecule has 2 aliphatic rings. The van der Waals surface area contributed by atoms with Gasteiger partial charge in [0, 0.05) is 55.6 Å². The van der Waals surface area contributed by atoms with Crippen LogP contribution in [0.3, 0.4) is 0 Å². The van der Waals surface area contributed by atoms with E-state index in [2.05, 4.69) is 24.8 Å². The summed E-state index contributed by atoms with van der Waals surface area (Å²) in [7, 11) is 0. The smallest absolute Gasteiger partial charge is 0.412 e. The SMILES string of the molecule is CC(C)(C)c1nc(N2CCN(CCCSc3nc4c(c(=O)[nH]3)OC(=O)/C=C/C(=O)O4)CC2)cc(C(F)(F)F)n1. The molecule has 0 aromatic carbocycles. The fourth-order valence-corrected chi connectivity index (χ4v) is 4.56. The lowest BCUT2D eigenvalue weighted by Crippen LogP contribution is -2.47. The van der Waals surface area contributed by atoms with Gasteiger partial charge in [-0.05, 0) is 13.0 Å². The number of nitrogens with one attached hydrogen (secondary N) is 1. The molecule has 4 rings (SSSR count). The van der Waals surface area contributed by atoms with E-state index in [-0.39, 0.29) is 22.7 Å². The third kappa shape index (κ3) is 7.35. The number of aromatic nitrogens is 4. The fourth-order valence-electron chi connectivity index (χ4n) is 3.78. The molecule has 15 heteroatoms. The lowest BCUT2D eigenvalue weighted by Gasteiger charge is -2.36. The van der Waals surface area contributed by atoms with Crippen molar-refractivity contribution in [3.8, 4) is 11.6 Å². The summed E-state index contributed by atoms with van der Waals surface area (Å²) in [4.78, 5) is 54.4. The van der Waals surface area contributed by atoms with Crippen LogP contribution >= 0.6 is 11.8 Å². The van der Waals surface area contributed by atoms with Gasteiger partial charge in [-0.15, -0.1) is 0 Å². The van der Waals surface area contributed by atoms with Crippen molar-refractivity contribution in [3.63, 3.8) is 0 Å². The number of carbonyl (C=O) groups is 2. The second-order valence-corrected chi connectivity index (χ2v) is 11.0. The zero-order valence-corrected chi connectivity index (χ0v) is 22.3. The van der Waals surface area contributed by atoms with Crippen LogP contribution < -0.4 is 19.9 Å². The largest absolute Gasteiger partial charge is 0.433 e. The Labute approximate surface area is 225 Å². The predicted octanol–water partition coefficient (Wildman–Crippen LogP) is 2.56. The molecule has 1 N–H and O–H groups in total. The quantitative estimate of drug-likeness (QED) is 0.239.